The van der Waals surface area contributed by atoms with Crippen molar-refractivity contribution in [3.63, 3.8) is 0 Å². The van der Waals surface area contributed by atoms with Gasteiger partial charge in [0.05, 0.1) is 5.54 Å². The summed E-state index contributed by atoms with van der Waals surface area (Å²) in [6, 6.07) is 0.286. The van der Waals surface area contributed by atoms with E-state index in [0.29, 0.717) is 5.92 Å². The van der Waals surface area contributed by atoms with E-state index in [4.69, 9.17) is 5.73 Å². The highest BCUT2D eigenvalue weighted by atomic mass is 16.2. The topological polar surface area (TPSA) is 46.3 Å². The quantitative estimate of drug-likeness (QED) is 0.798. The third kappa shape index (κ3) is 2.97. The van der Waals surface area contributed by atoms with Gasteiger partial charge in [-0.3, -0.25) is 4.79 Å². The number of likely N-dealkylation sites (N-methyl/N-ethyl adjacent to an activating group) is 1. The zero-order valence-electron chi connectivity index (χ0n) is 11.1. The minimum absolute atomic E-state index is 0.137. The molecule has 1 amide bonds. The Morgan fingerprint density at radius 2 is 1.81 bits per heavy atom. The molecule has 0 aromatic heterocycles. The maximum absolute atomic E-state index is 12.3. The van der Waals surface area contributed by atoms with Crippen molar-refractivity contribution >= 4 is 5.91 Å². The van der Waals surface area contributed by atoms with Crippen molar-refractivity contribution in [2.75, 3.05) is 7.05 Å². The van der Waals surface area contributed by atoms with E-state index in [0.717, 1.165) is 32.1 Å². The lowest BCUT2D eigenvalue weighted by Crippen LogP contribution is -2.54. The molecule has 1 saturated carbocycles. The molecular formula is C13H26N2O. The average Bonchev–Trinajstić information content (AvgIpc) is 2.63. The monoisotopic (exact) mass is 226 g/mol. The van der Waals surface area contributed by atoms with Crippen LogP contribution in [0.2, 0.25) is 0 Å². The minimum Gasteiger partial charge on any atom is -0.341 e. The summed E-state index contributed by atoms with van der Waals surface area (Å²) in [5.74, 6) is 0.751. The molecule has 1 atom stereocenters. The van der Waals surface area contributed by atoms with Crippen molar-refractivity contribution in [1.29, 1.82) is 0 Å². The molecule has 2 N–H and O–H groups in total. The summed E-state index contributed by atoms with van der Waals surface area (Å²) in [5, 5.41) is 0. The van der Waals surface area contributed by atoms with Crippen LogP contribution in [0.5, 0.6) is 0 Å². The van der Waals surface area contributed by atoms with E-state index >= 15 is 0 Å². The third-order valence-corrected chi connectivity index (χ3v) is 3.72. The van der Waals surface area contributed by atoms with Gasteiger partial charge in [-0.15, -0.1) is 0 Å². The lowest BCUT2D eigenvalue weighted by atomic mass is 9.95. The van der Waals surface area contributed by atoms with Gasteiger partial charge in [-0.25, -0.2) is 0 Å². The fourth-order valence-electron chi connectivity index (χ4n) is 2.61. The van der Waals surface area contributed by atoms with Crippen LogP contribution < -0.4 is 5.73 Å². The number of amides is 1. The highest BCUT2D eigenvalue weighted by Gasteiger charge is 2.39. The van der Waals surface area contributed by atoms with Crippen LogP contribution in [0.25, 0.3) is 0 Å². The maximum atomic E-state index is 12.3. The Labute approximate surface area is 99.4 Å². The van der Waals surface area contributed by atoms with E-state index in [-0.39, 0.29) is 11.9 Å². The molecule has 0 spiro atoms. The van der Waals surface area contributed by atoms with Crippen LogP contribution in [0, 0.1) is 5.92 Å². The summed E-state index contributed by atoms with van der Waals surface area (Å²) in [5.41, 5.74) is 5.61. The van der Waals surface area contributed by atoms with Gasteiger partial charge < -0.3 is 10.6 Å². The Bertz CT molecular complexity index is 244. The van der Waals surface area contributed by atoms with E-state index in [2.05, 4.69) is 20.8 Å². The van der Waals surface area contributed by atoms with E-state index in [9.17, 15) is 4.79 Å². The zero-order valence-corrected chi connectivity index (χ0v) is 11.1. The molecule has 3 heteroatoms. The third-order valence-electron chi connectivity index (χ3n) is 3.72. The smallest absolute Gasteiger partial charge is 0.242 e. The molecule has 0 radical (unpaired) electrons. The van der Waals surface area contributed by atoms with Crippen molar-refractivity contribution < 1.29 is 4.79 Å². The van der Waals surface area contributed by atoms with Gasteiger partial charge in [-0.1, -0.05) is 26.7 Å². The summed E-state index contributed by atoms with van der Waals surface area (Å²) >= 11 is 0. The second-order valence-electron chi connectivity index (χ2n) is 5.76. The lowest BCUT2D eigenvalue weighted by molar-refractivity contribution is -0.137. The van der Waals surface area contributed by atoms with E-state index in [1.54, 1.807) is 0 Å². The average molecular weight is 226 g/mol. The number of carbonyl (C=O) groups excluding carboxylic acids is 1. The van der Waals surface area contributed by atoms with Crippen LogP contribution >= 0.6 is 0 Å². The summed E-state index contributed by atoms with van der Waals surface area (Å²) in [4.78, 5) is 14.1. The second-order valence-corrected chi connectivity index (χ2v) is 5.76. The molecule has 0 aromatic rings. The molecule has 1 fully saturated rings. The molecule has 1 rings (SSSR count). The van der Waals surface area contributed by atoms with Gasteiger partial charge in [0.2, 0.25) is 5.91 Å². The fourth-order valence-corrected chi connectivity index (χ4v) is 2.61. The normalized spacial score (nSPS) is 21.1. The maximum Gasteiger partial charge on any atom is 0.242 e. The molecule has 0 heterocycles. The number of rotatable bonds is 4. The summed E-state index contributed by atoms with van der Waals surface area (Å²) in [7, 11) is 1.89. The zero-order chi connectivity index (χ0) is 12.3. The first kappa shape index (κ1) is 13.5. The summed E-state index contributed by atoms with van der Waals surface area (Å²) in [6.07, 6.45) is 4.93. The van der Waals surface area contributed by atoms with Crippen molar-refractivity contribution in [1.82, 2.24) is 4.90 Å². The molecule has 16 heavy (non-hydrogen) atoms. The van der Waals surface area contributed by atoms with Crippen LogP contribution in [0.3, 0.4) is 0 Å². The SMILES string of the molecule is CC(C)CC(C)N(C)C(=O)C1(N)CCCC1. The molecule has 1 aliphatic carbocycles. The minimum atomic E-state index is -0.569. The number of nitrogens with two attached hydrogens (primary N) is 1. The van der Waals surface area contributed by atoms with Crippen molar-refractivity contribution in [3.05, 3.63) is 0 Å². The van der Waals surface area contributed by atoms with Crippen LogP contribution in [0.4, 0.5) is 0 Å². The number of hydrogen-bond donors (Lipinski definition) is 1. The van der Waals surface area contributed by atoms with Gasteiger partial charge in [0.1, 0.15) is 0 Å². The molecule has 94 valence electrons. The number of carbonyl (C=O) groups is 1. The Kier molecular flexibility index (Phi) is 4.36. The Balaban J connectivity index is 2.59. The molecular weight excluding hydrogens is 200 g/mol. The highest BCUT2D eigenvalue weighted by Crippen LogP contribution is 2.29. The van der Waals surface area contributed by atoms with E-state index in [1.165, 1.54) is 0 Å². The first-order chi connectivity index (χ1) is 7.37. The van der Waals surface area contributed by atoms with Crippen molar-refractivity contribution in [2.24, 2.45) is 11.7 Å². The van der Waals surface area contributed by atoms with Gasteiger partial charge in [-0.05, 0) is 32.1 Å². The van der Waals surface area contributed by atoms with Gasteiger partial charge in [0, 0.05) is 13.1 Å². The Hall–Kier alpha value is -0.570. The van der Waals surface area contributed by atoms with Gasteiger partial charge in [0.25, 0.3) is 0 Å². The van der Waals surface area contributed by atoms with Crippen molar-refractivity contribution in [3.8, 4) is 0 Å². The standard InChI is InChI=1S/C13H26N2O/c1-10(2)9-11(3)15(4)12(16)13(14)7-5-6-8-13/h10-11H,5-9,14H2,1-4H3. The predicted octanol–water partition coefficient (Wildman–Crippen LogP) is 2.15. The highest BCUT2D eigenvalue weighted by molar-refractivity contribution is 5.86. The predicted molar refractivity (Wildman–Crippen MR) is 67.1 cm³/mol. The lowest BCUT2D eigenvalue weighted by Gasteiger charge is -2.33. The molecule has 1 unspecified atom stereocenters. The number of hydrogen-bond acceptors (Lipinski definition) is 2. The molecule has 0 aliphatic heterocycles. The number of nitrogens with zero attached hydrogens (tertiary/aromatic N) is 1. The fraction of sp³-hybridized carbons (Fsp3) is 0.923. The second kappa shape index (κ2) is 5.17. The van der Waals surface area contributed by atoms with Gasteiger partial charge >= 0.3 is 0 Å². The molecule has 0 saturated heterocycles. The van der Waals surface area contributed by atoms with E-state index in [1.807, 2.05) is 11.9 Å². The first-order valence-corrected chi connectivity index (χ1v) is 6.43. The summed E-state index contributed by atoms with van der Waals surface area (Å²) < 4.78 is 0. The van der Waals surface area contributed by atoms with Crippen LogP contribution in [-0.4, -0.2) is 29.4 Å². The Morgan fingerprint density at radius 1 is 1.31 bits per heavy atom. The molecule has 3 nitrogen and oxygen atoms in total. The largest absolute Gasteiger partial charge is 0.341 e. The van der Waals surface area contributed by atoms with Crippen LogP contribution in [-0.2, 0) is 4.79 Å². The van der Waals surface area contributed by atoms with Crippen molar-refractivity contribution in [2.45, 2.75) is 64.5 Å². The van der Waals surface area contributed by atoms with Crippen LogP contribution in [0.1, 0.15) is 52.9 Å². The molecule has 0 bridgehead atoms. The van der Waals surface area contributed by atoms with Gasteiger partial charge in [0.15, 0.2) is 0 Å². The molecule has 1 aliphatic rings. The molecule has 0 aromatic carbocycles. The first-order valence-electron chi connectivity index (χ1n) is 6.43. The van der Waals surface area contributed by atoms with Crippen LogP contribution in [0.15, 0.2) is 0 Å². The van der Waals surface area contributed by atoms with Gasteiger partial charge in [-0.2, -0.15) is 0 Å². The summed E-state index contributed by atoms with van der Waals surface area (Å²) in [6.45, 7) is 6.47. The van der Waals surface area contributed by atoms with E-state index < -0.39 is 5.54 Å². The Morgan fingerprint density at radius 3 is 2.25 bits per heavy atom.